The molecular weight excluding hydrogens is 218 g/mol. The van der Waals surface area contributed by atoms with Crippen LogP contribution >= 0.6 is 0 Å². The molecule has 1 amide bonds. The van der Waals surface area contributed by atoms with E-state index in [-0.39, 0.29) is 5.91 Å². The Morgan fingerprint density at radius 2 is 2.29 bits per heavy atom. The average molecular weight is 235 g/mol. The first-order valence-corrected chi connectivity index (χ1v) is 6.13. The van der Waals surface area contributed by atoms with Crippen molar-refractivity contribution in [3.8, 4) is 0 Å². The molecule has 5 heteroatoms. The molecule has 3 rings (SSSR count). The van der Waals surface area contributed by atoms with Crippen molar-refractivity contribution in [2.45, 2.75) is 26.3 Å². The highest BCUT2D eigenvalue weighted by Gasteiger charge is 2.41. The standard InChI is InChI=1S/C12H17N3O2/c1-7-11(8(2)17-14-7)12(16)15-4-3-9-5-13-6-10(9)15/h9-10,13H,3-6H2,1-2H3/t9-,10+/m0/s1. The van der Waals surface area contributed by atoms with Crippen molar-refractivity contribution in [2.24, 2.45) is 5.92 Å². The number of carbonyl (C=O) groups excluding carboxylic acids is 1. The van der Waals surface area contributed by atoms with Crippen LogP contribution in [0.3, 0.4) is 0 Å². The van der Waals surface area contributed by atoms with E-state index in [0.717, 1.165) is 26.1 Å². The van der Waals surface area contributed by atoms with Crippen molar-refractivity contribution in [1.82, 2.24) is 15.4 Å². The van der Waals surface area contributed by atoms with Crippen LogP contribution in [0.1, 0.15) is 28.2 Å². The van der Waals surface area contributed by atoms with Crippen LogP contribution in [-0.4, -0.2) is 41.6 Å². The van der Waals surface area contributed by atoms with Gasteiger partial charge in [0, 0.05) is 25.7 Å². The highest BCUT2D eigenvalue weighted by atomic mass is 16.5. The van der Waals surface area contributed by atoms with Gasteiger partial charge in [-0.05, 0) is 26.2 Å². The maximum atomic E-state index is 12.5. The van der Waals surface area contributed by atoms with Gasteiger partial charge >= 0.3 is 0 Å². The van der Waals surface area contributed by atoms with Gasteiger partial charge in [-0.2, -0.15) is 0 Å². The minimum atomic E-state index is 0.0810. The molecule has 5 nitrogen and oxygen atoms in total. The highest BCUT2D eigenvalue weighted by molar-refractivity contribution is 5.96. The minimum Gasteiger partial charge on any atom is -0.361 e. The van der Waals surface area contributed by atoms with E-state index in [1.807, 2.05) is 11.8 Å². The van der Waals surface area contributed by atoms with Crippen molar-refractivity contribution in [2.75, 3.05) is 19.6 Å². The maximum absolute atomic E-state index is 12.5. The first-order chi connectivity index (χ1) is 8.18. The lowest BCUT2D eigenvalue weighted by Crippen LogP contribution is -2.39. The third kappa shape index (κ3) is 1.57. The van der Waals surface area contributed by atoms with Gasteiger partial charge in [0.1, 0.15) is 11.3 Å². The average Bonchev–Trinajstić information content (AvgIpc) is 2.93. The van der Waals surface area contributed by atoms with Crippen molar-refractivity contribution >= 4 is 5.91 Å². The molecule has 2 aliphatic rings. The molecule has 0 radical (unpaired) electrons. The molecule has 3 heterocycles. The summed E-state index contributed by atoms with van der Waals surface area (Å²) in [6.45, 7) is 6.44. The maximum Gasteiger partial charge on any atom is 0.259 e. The number of carbonyl (C=O) groups is 1. The summed E-state index contributed by atoms with van der Waals surface area (Å²) >= 11 is 0. The molecule has 2 aliphatic heterocycles. The largest absolute Gasteiger partial charge is 0.361 e. The Balaban J connectivity index is 1.88. The number of aryl methyl sites for hydroxylation is 2. The van der Waals surface area contributed by atoms with E-state index in [4.69, 9.17) is 4.52 Å². The number of hydrogen-bond donors (Lipinski definition) is 1. The van der Waals surface area contributed by atoms with E-state index in [2.05, 4.69) is 10.5 Å². The van der Waals surface area contributed by atoms with E-state index in [0.29, 0.717) is 29.0 Å². The Labute approximate surface area is 100 Å². The van der Waals surface area contributed by atoms with Crippen LogP contribution in [0.15, 0.2) is 4.52 Å². The highest BCUT2D eigenvalue weighted by Crippen LogP contribution is 2.29. The lowest BCUT2D eigenvalue weighted by atomic mass is 10.0. The zero-order valence-corrected chi connectivity index (χ0v) is 10.2. The van der Waals surface area contributed by atoms with Gasteiger partial charge in [-0.15, -0.1) is 0 Å². The van der Waals surface area contributed by atoms with Crippen molar-refractivity contribution in [3.05, 3.63) is 17.0 Å². The summed E-state index contributed by atoms with van der Waals surface area (Å²) in [6, 6.07) is 0.358. The second-order valence-corrected chi connectivity index (χ2v) is 4.97. The van der Waals surface area contributed by atoms with Crippen LogP contribution in [-0.2, 0) is 0 Å². The summed E-state index contributed by atoms with van der Waals surface area (Å²) in [4.78, 5) is 14.5. The quantitative estimate of drug-likeness (QED) is 0.779. The molecule has 2 atom stereocenters. The van der Waals surface area contributed by atoms with E-state index in [1.165, 1.54) is 0 Å². The van der Waals surface area contributed by atoms with Crippen molar-refractivity contribution in [1.29, 1.82) is 0 Å². The van der Waals surface area contributed by atoms with Crippen LogP contribution in [0, 0.1) is 19.8 Å². The third-order valence-electron chi connectivity index (χ3n) is 3.95. The first kappa shape index (κ1) is 10.8. The smallest absolute Gasteiger partial charge is 0.259 e. The molecule has 0 unspecified atom stereocenters. The fourth-order valence-corrected chi connectivity index (χ4v) is 3.03. The summed E-state index contributed by atoms with van der Waals surface area (Å²) in [5.74, 6) is 1.33. The second kappa shape index (κ2) is 3.84. The predicted molar refractivity (Wildman–Crippen MR) is 61.8 cm³/mol. The number of nitrogens with zero attached hydrogens (tertiary/aromatic N) is 2. The van der Waals surface area contributed by atoms with Gasteiger partial charge in [0.15, 0.2) is 0 Å². The van der Waals surface area contributed by atoms with Gasteiger partial charge in [0.25, 0.3) is 5.91 Å². The Morgan fingerprint density at radius 3 is 3.00 bits per heavy atom. The Bertz CT molecular complexity index is 435. The summed E-state index contributed by atoms with van der Waals surface area (Å²) in [6.07, 6.45) is 1.10. The molecule has 1 N–H and O–H groups in total. The SMILES string of the molecule is Cc1noc(C)c1C(=O)N1CC[C@H]2CNC[C@H]21. The fraction of sp³-hybridized carbons (Fsp3) is 0.667. The number of hydrogen-bond acceptors (Lipinski definition) is 4. The molecule has 92 valence electrons. The molecule has 1 aromatic rings. The second-order valence-electron chi connectivity index (χ2n) is 4.97. The number of rotatable bonds is 1. The lowest BCUT2D eigenvalue weighted by Gasteiger charge is -2.23. The normalized spacial score (nSPS) is 27.5. The number of likely N-dealkylation sites (tertiary alicyclic amines) is 1. The molecule has 0 saturated carbocycles. The molecule has 2 saturated heterocycles. The van der Waals surface area contributed by atoms with Crippen molar-refractivity contribution < 1.29 is 9.32 Å². The Kier molecular flexibility index (Phi) is 2.43. The van der Waals surface area contributed by atoms with Crippen LogP contribution in [0.2, 0.25) is 0 Å². The van der Waals surface area contributed by atoms with E-state index >= 15 is 0 Å². The number of aromatic nitrogens is 1. The molecule has 0 aromatic carbocycles. The van der Waals surface area contributed by atoms with Gasteiger partial charge in [0.05, 0.1) is 5.69 Å². The van der Waals surface area contributed by atoms with Crippen LogP contribution in [0.4, 0.5) is 0 Å². The topological polar surface area (TPSA) is 58.4 Å². The zero-order chi connectivity index (χ0) is 12.0. The van der Waals surface area contributed by atoms with E-state index < -0.39 is 0 Å². The summed E-state index contributed by atoms with van der Waals surface area (Å²) in [7, 11) is 0. The van der Waals surface area contributed by atoms with Crippen molar-refractivity contribution in [3.63, 3.8) is 0 Å². The lowest BCUT2D eigenvalue weighted by molar-refractivity contribution is 0.0734. The predicted octanol–water partition coefficient (Wildman–Crippen LogP) is 0.725. The minimum absolute atomic E-state index is 0.0810. The van der Waals surface area contributed by atoms with Gasteiger partial charge in [-0.3, -0.25) is 4.79 Å². The summed E-state index contributed by atoms with van der Waals surface area (Å²) in [5.41, 5.74) is 1.35. The summed E-state index contributed by atoms with van der Waals surface area (Å²) in [5, 5.41) is 7.21. The number of fused-ring (bicyclic) bond motifs is 1. The zero-order valence-electron chi connectivity index (χ0n) is 10.2. The van der Waals surface area contributed by atoms with E-state index in [1.54, 1.807) is 6.92 Å². The Hall–Kier alpha value is -1.36. The molecule has 2 fully saturated rings. The molecule has 0 bridgehead atoms. The van der Waals surface area contributed by atoms with Crippen LogP contribution in [0.25, 0.3) is 0 Å². The Morgan fingerprint density at radius 1 is 1.47 bits per heavy atom. The van der Waals surface area contributed by atoms with Gasteiger partial charge in [-0.1, -0.05) is 5.16 Å². The van der Waals surface area contributed by atoms with Gasteiger partial charge in [-0.25, -0.2) is 0 Å². The summed E-state index contributed by atoms with van der Waals surface area (Å²) < 4.78 is 5.07. The third-order valence-corrected chi connectivity index (χ3v) is 3.95. The molecule has 17 heavy (non-hydrogen) atoms. The fourth-order valence-electron chi connectivity index (χ4n) is 3.03. The molecular formula is C12H17N3O2. The van der Waals surface area contributed by atoms with Crippen LogP contribution < -0.4 is 5.32 Å². The monoisotopic (exact) mass is 235 g/mol. The van der Waals surface area contributed by atoms with Crippen LogP contribution in [0.5, 0.6) is 0 Å². The number of nitrogens with one attached hydrogen (secondary N) is 1. The van der Waals surface area contributed by atoms with E-state index in [9.17, 15) is 4.79 Å². The molecule has 0 spiro atoms. The van der Waals surface area contributed by atoms with Gasteiger partial charge in [0.2, 0.25) is 0 Å². The number of amides is 1. The molecule has 1 aromatic heterocycles. The first-order valence-electron chi connectivity index (χ1n) is 6.13. The molecule has 0 aliphatic carbocycles. The van der Waals surface area contributed by atoms with Gasteiger partial charge < -0.3 is 14.7 Å².